The van der Waals surface area contributed by atoms with Gasteiger partial charge >= 0.3 is 0 Å². The van der Waals surface area contributed by atoms with E-state index in [1.807, 2.05) is 42.7 Å². The summed E-state index contributed by atoms with van der Waals surface area (Å²) in [7, 11) is 1.64. The second-order valence-electron chi connectivity index (χ2n) is 3.00. The van der Waals surface area contributed by atoms with Crippen LogP contribution in [0.1, 0.15) is 0 Å². The summed E-state index contributed by atoms with van der Waals surface area (Å²) in [5.41, 5.74) is 2.41. The molecule has 0 unspecified atom stereocenters. The largest absolute Gasteiger partial charge is 0.275 e. The van der Waals surface area contributed by atoms with Crippen LogP contribution >= 0.6 is 0 Å². The lowest BCUT2D eigenvalue weighted by Crippen LogP contribution is -2.39. The van der Waals surface area contributed by atoms with Gasteiger partial charge in [-0.2, -0.15) is 0 Å². The Morgan fingerprint density at radius 2 is 1.43 bits per heavy atom. The van der Waals surface area contributed by atoms with Crippen molar-refractivity contribution in [3.8, 4) is 11.1 Å². The smallest absolute Gasteiger partial charge is 0.223 e. The first-order chi connectivity index (χ1) is 6.90. The highest BCUT2D eigenvalue weighted by Gasteiger charge is 2.00. The molecule has 1 aromatic heterocycles. The predicted octanol–water partition coefficient (Wildman–Crippen LogP) is 1.70. The van der Waals surface area contributed by atoms with Crippen LogP contribution in [0, 0.1) is 0 Å². The third-order valence-electron chi connectivity index (χ3n) is 2.12. The van der Waals surface area contributed by atoms with Crippen molar-refractivity contribution in [2.45, 2.75) is 0 Å². The normalized spacial score (nSPS) is 9.79. The summed E-state index contributed by atoms with van der Waals surface area (Å²) in [6.07, 6.45) is 3.78. The SMILES string of the molecule is CO[n+]1ccc(-c2ccccc2)cc1. The highest BCUT2D eigenvalue weighted by Crippen LogP contribution is 2.16. The molecule has 0 spiro atoms. The highest BCUT2D eigenvalue weighted by atomic mass is 16.6. The molecule has 2 heteroatoms. The van der Waals surface area contributed by atoms with Gasteiger partial charge < -0.3 is 0 Å². The van der Waals surface area contributed by atoms with E-state index in [1.54, 1.807) is 11.8 Å². The first-order valence-electron chi connectivity index (χ1n) is 4.51. The second kappa shape index (κ2) is 3.92. The Morgan fingerprint density at radius 1 is 0.857 bits per heavy atom. The van der Waals surface area contributed by atoms with E-state index in [1.165, 1.54) is 11.1 Å². The molecule has 1 heterocycles. The van der Waals surface area contributed by atoms with Crippen molar-refractivity contribution in [3.63, 3.8) is 0 Å². The second-order valence-corrected chi connectivity index (χ2v) is 3.00. The van der Waals surface area contributed by atoms with Crippen LogP contribution in [0.3, 0.4) is 0 Å². The van der Waals surface area contributed by atoms with Crippen molar-refractivity contribution < 1.29 is 9.57 Å². The monoisotopic (exact) mass is 186 g/mol. The zero-order valence-electron chi connectivity index (χ0n) is 8.05. The quantitative estimate of drug-likeness (QED) is 0.651. The van der Waals surface area contributed by atoms with Gasteiger partial charge in [-0.05, 0) is 11.1 Å². The number of hydrogen-bond acceptors (Lipinski definition) is 1. The highest BCUT2D eigenvalue weighted by molar-refractivity contribution is 5.61. The zero-order chi connectivity index (χ0) is 9.80. The number of benzene rings is 1. The first-order valence-corrected chi connectivity index (χ1v) is 4.51. The molecule has 0 atom stereocenters. The Bertz CT molecular complexity index is 394. The predicted molar refractivity (Wildman–Crippen MR) is 54.6 cm³/mol. The van der Waals surface area contributed by atoms with Crippen molar-refractivity contribution in [1.29, 1.82) is 0 Å². The van der Waals surface area contributed by atoms with Crippen molar-refractivity contribution in [3.05, 3.63) is 54.9 Å². The molecule has 0 saturated heterocycles. The van der Waals surface area contributed by atoms with Crippen LogP contribution in [0.5, 0.6) is 0 Å². The number of rotatable bonds is 2. The number of hydrogen-bond donors (Lipinski definition) is 0. The van der Waals surface area contributed by atoms with Crippen LogP contribution in [0.25, 0.3) is 11.1 Å². The average Bonchev–Trinajstić information content (AvgIpc) is 2.30. The molecule has 0 N–H and O–H groups in total. The molecule has 2 aromatic rings. The molecule has 70 valence electrons. The summed E-state index contributed by atoms with van der Waals surface area (Å²) < 4.78 is 1.66. The molecule has 0 aliphatic heterocycles. The minimum absolute atomic E-state index is 1.19. The van der Waals surface area contributed by atoms with Crippen molar-refractivity contribution in [1.82, 2.24) is 0 Å². The Hall–Kier alpha value is -1.83. The van der Waals surface area contributed by atoms with Crippen molar-refractivity contribution in [2.75, 3.05) is 7.11 Å². The van der Waals surface area contributed by atoms with Crippen LogP contribution in [-0.4, -0.2) is 7.11 Å². The molecular formula is C12H12NO+. The van der Waals surface area contributed by atoms with E-state index >= 15 is 0 Å². The van der Waals surface area contributed by atoms with Crippen LogP contribution in [0.15, 0.2) is 54.9 Å². The number of nitrogens with zero attached hydrogens (tertiary/aromatic N) is 1. The fourth-order valence-corrected chi connectivity index (χ4v) is 1.36. The summed E-state index contributed by atoms with van der Waals surface area (Å²) >= 11 is 0. The van der Waals surface area contributed by atoms with E-state index in [0.717, 1.165) is 0 Å². The van der Waals surface area contributed by atoms with Gasteiger partial charge in [-0.1, -0.05) is 30.3 Å². The van der Waals surface area contributed by atoms with Gasteiger partial charge in [0.05, 0.1) is 0 Å². The number of pyridine rings is 1. The van der Waals surface area contributed by atoms with Crippen molar-refractivity contribution in [2.24, 2.45) is 0 Å². The summed E-state index contributed by atoms with van der Waals surface area (Å²) in [4.78, 5) is 5.02. The van der Waals surface area contributed by atoms with Gasteiger partial charge in [-0.3, -0.25) is 4.84 Å². The van der Waals surface area contributed by atoms with Gasteiger partial charge in [-0.15, -0.1) is 0 Å². The fourth-order valence-electron chi connectivity index (χ4n) is 1.36. The summed E-state index contributed by atoms with van der Waals surface area (Å²) in [6, 6.07) is 14.3. The standard InChI is InChI=1S/C12H12NO/c1-14-13-9-7-12(8-10-13)11-5-3-2-4-6-11/h2-10H,1H3/q+1. The van der Waals surface area contributed by atoms with E-state index in [9.17, 15) is 0 Å². The summed E-state index contributed by atoms with van der Waals surface area (Å²) in [6.45, 7) is 0. The molecule has 0 fully saturated rings. The zero-order valence-corrected chi connectivity index (χ0v) is 8.05. The van der Waals surface area contributed by atoms with Gasteiger partial charge in [0.25, 0.3) is 0 Å². The van der Waals surface area contributed by atoms with E-state index < -0.39 is 0 Å². The maximum absolute atomic E-state index is 5.02. The molecule has 14 heavy (non-hydrogen) atoms. The molecule has 0 radical (unpaired) electrons. The molecule has 0 amide bonds. The Kier molecular flexibility index (Phi) is 2.45. The van der Waals surface area contributed by atoms with Crippen LogP contribution in [0.2, 0.25) is 0 Å². The molecule has 1 aromatic carbocycles. The van der Waals surface area contributed by atoms with E-state index in [-0.39, 0.29) is 0 Å². The summed E-state index contributed by atoms with van der Waals surface area (Å²) in [5.74, 6) is 0. The maximum Gasteiger partial charge on any atom is 0.223 e. The van der Waals surface area contributed by atoms with Gasteiger partial charge in [0, 0.05) is 16.9 Å². The maximum atomic E-state index is 5.02. The van der Waals surface area contributed by atoms with Gasteiger partial charge in [-0.25, -0.2) is 0 Å². The van der Waals surface area contributed by atoms with E-state index in [2.05, 4.69) is 12.1 Å². The lowest BCUT2D eigenvalue weighted by Gasteiger charge is -1.98. The van der Waals surface area contributed by atoms with Gasteiger partial charge in [0.15, 0.2) is 0 Å². The molecule has 2 rings (SSSR count). The minimum atomic E-state index is 1.19. The van der Waals surface area contributed by atoms with Crippen LogP contribution in [0.4, 0.5) is 0 Å². The topological polar surface area (TPSA) is 13.1 Å². The third kappa shape index (κ3) is 1.74. The third-order valence-corrected chi connectivity index (χ3v) is 2.12. The summed E-state index contributed by atoms with van der Waals surface area (Å²) in [5, 5.41) is 0. The molecule has 0 bridgehead atoms. The average molecular weight is 186 g/mol. The van der Waals surface area contributed by atoms with Crippen LogP contribution < -0.4 is 9.57 Å². The fraction of sp³-hybridized carbons (Fsp3) is 0.0833. The van der Waals surface area contributed by atoms with Gasteiger partial charge in [0.1, 0.15) is 7.11 Å². The Morgan fingerprint density at radius 3 is 2.00 bits per heavy atom. The van der Waals surface area contributed by atoms with E-state index in [0.29, 0.717) is 0 Å². The molecule has 0 aliphatic rings. The molecular weight excluding hydrogens is 174 g/mol. The van der Waals surface area contributed by atoms with Crippen molar-refractivity contribution >= 4 is 0 Å². The lowest BCUT2D eigenvalue weighted by atomic mass is 10.1. The van der Waals surface area contributed by atoms with Crippen LogP contribution in [-0.2, 0) is 0 Å². The Balaban J connectivity index is 2.34. The lowest BCUT2D eigenvalue weighted by molar-refractivity contribution is -0.885. The Labute approximate surface area is 83.4 Å². The van der Waals surface area contributed by atoms with E-state index in [4.69, 9.17) is 4.84 Å². The minimum Gasteiger partial charge on any atom is -0.275 e. The molecule has 0 aliphatic carbocycles. The molecule has 2 nitrogen and oxygen atoms in total. The first kappa shape index (κ1) is 8.75. The number of aromatic nitrogens is 1. The molecule has 0 saturated carbocycles. The van der Waals surface area contributed by atoms with Gasteiger partial charge in [0.2, 0.25) is 12.4 Å².